The van der Waals surface area contributed by atoms with Crippen LogP contribution >= 0.6 is 0 Å². The Hall–Kier alpha value is -3.04. The van der Waals surface area contributed by atoms with Crippen molar-refractivity contribution in [1.82, 2.24) is 19.2 Å². The number of hydrogen-bond donors (Lipinski definition) is 1. The van der Waals surface area contributed by atoms with Crippen molar-refractivity contribution in [3.63, 3.8) is 0 Å². The smallest absolute Gasteiger partial charge is 0.262 e. The van der Waals surface area contributed by atoms with Crippen LogP contribution in [0.3, 0.4) is 0 Å². The lowest BCUT2D eigenvalue weighted by molar-refractivity contribution is 0.0936. The molecule has 1 aliphatic heterocycles. The highest BCUT2D eigenvalue weighted by Gasteiger charge is 2.41. The number of nitrogens with one attached hydrogen (secondary N) is 1. The van der Waals surface area contributed by atoms with Crippen molar-refractivity contribution in [3.8, 4) is 0 Å². The Labute approximate surface area is 174 Å². The van der Waals surface area contributed by atoms with Crippen molar-refractivity contribution >= 4 is 15.9 Å². The highest BCUT2D eigenvalue weighted by molar-refractivity contribution is 7.89. The number of rotatable bonds is 5. The van der Waals surface area contributed by atoms with E-state index in [1.54, 1.807) is 11.6 Å². The van der Waals surface area contributed by atoms with Gasteiger partial charge in [-0.25, -0.2) is 17.8 Å². The van der Waals surface area contributed by atoms with Crippen molar-refractivity contribution in [2.24, 2.45) is 7.05 Å². The number of nitrogens with zero attached hydrogens (tertiary/aromatic N) is 3. The summed E-state index contributed by atoms with van der Waals surface area (Å²) in [7, 11) is -2.09. The summed E-state index contributed by atoms with van der Waals surface area (Å²) >= 11 is 0. The first-order chi connectivity index (χ1) is 14.3. The quantitative estimate of drug-likeness (QED) is 0.675. The van der Waals surface area contributed by atoms with Gasteiger partial charge in [0.15, 0.2) is 5.03 Å². The maximum atomic E-state index is 13.2. The minimum Gasteiger partial charge on any atom is -0.347 e. The first-order valence-electron chi connectivity index (χ1n) is 9.44. The number of amides is 1. The van der Waals surface area contributed by atoms with Gasteiger partial charge in [-0.05, 0) is 29.8 Å². The topological polar surface area (TPSA) is 84.3 Å². The third-order valence-electron chi connectivity index (χ3n) is 5.22. The zero-order chi connectivity index (χ0) is 21.3. The molecule has 4 rings (SSSR count). The highest BCUT2D eigenvalue weighted by atomic mass is 32.2. The Balaban J connectivity index is 1.61. The van der Waals surface area contributed by atoms with Gasteiger partial charge in [-0.15, -0.1) is 0 Å². The molecule has 1 saturated heterocycles. The van der Waals surface area contributed by atoms with Crippen LogP contribution in [0, 0.1) is 5.82 Å². The Morgan fingerprint density at radius 2 is 1.80 bits per heavy atom. The van der Waals surface area contributed by atoms with Gasteiger partial charge >= 0.3 is 0 Å². The molecule has 0 bridgehead atoms. The summed E-state index contributed by atoms with van der Waals surface area (Å²) in [4.78, 5) is 16.7. The molecule has 1 aromatic heterocycles. The lowest BCUT2D eigenvalue weighted by atomic mass is 9.94. The molecule has 2 heterocycles. The van der Waals surface area contributed by atoms with Crippen molar-refractivity contribution in [1.29, 1.82) is 0 Å². The number of aryl methyl sites for hydroxylation is 1. The van der Waals surface area contributed by atoms with Crippen LogP contribution in [-0.2, 0) is 17.1 Å². The second-order valence-corrected chi connectivity index (χ2v) is 9.19. The Bertz CT molecular complexity index is 1150. The molecular weight excluding hydrogens is 407 g/mol. The largest absolute Gasteiger partial charge is 0.347 e. The number of halogens is 1. The zero-order valence-corrected chi connectivity index (χ0v) is 17.1. The van der Waals surface area contributed by atoms with Crippen LogP contribution in [-0.4, -0.2) is 47.3 Å². The normalized spacial score (nSPS) is 19.7. The third kappa shape index (κ3) is 3.99. The van der Waals surface area contributed by atoms with Gasteiger partial charge in [0.25, 0.3) is 15.9 Å². The van der Waals surface area contributed by atoms with Gasteiger partial charge in [0, 0.05) is 37.8 Å². The van der Waals surface area contributed by atoms with Gasteiger partial charge < -0.3 is 9.88 Å². The summed E-state index contributed by atoms with van der Waals surface area (Å²) in [5.41, 5.74) is 1.25. The lowest BCUT2D eigenvalue weighted by Crippen LogP contribution is -2.40. The van der Waals surface area contributed by atoms with Gasteiger partial charge in [0.1, 0.15) is 5.82 Å². The van der Waals surface area contributed by atoms with Crippen molar-refractivity contribution in [2.75, 3.05) is 13.1 Å². The van der Waals surface area contributed by atoms with Crippen LogP contribution in [0.2, 0.25) is 0 Å². The summed E-state index contributed by atoms with van der Waals surface area (Å²) in [6.45, 7) is 0.336. The van der Waals surface area contributed by atoms with Crippen molar-refractivity contribution in [2.45, 2.75) is 17.0 Å². The van der Waals surface area contributed by atoms with Gasteiger partial charge in [-0.3, -0.25) is 4.79 Å². The first-order valence-corrected chi connectivity index (χ1v) is 10.9. The molecule has 2 aromatic carbocycles. The van der Waals surface area contributed by atoms with Crippen LogP contribution in [0.25, 0.3) is 0 Å². The molecule has 1 aliphatic rings. The first kappa shape index (κ1) is 20.2. The Kier molecular flexibility index (Phi) is 5.40. The molecule has 1 amide bonds. The fourth-order valence-electron chi connectivity index (χ4n) is 3.66. The van der Waals surface area contributed by atoms with Crippen molar-refractivity contribution < 1.29 is 17.6 Å². The molecule has 1 fully saturated rings. The van der Waals surface area contributed by atoms with Crippen LogP contribution in [0.15, 0.2) is 72.1 Å². The van der Waals surface area contributed by atoms with E-state index in [0.29, 0.717) is 5.56 Å². The van der Waals surface area contributed by atoms with E-state index in [1.807, 2.05) is 30.3 Å². The fourth-order valence-corrected chi connectivity index (χ4v) is 5.11. The van der Waals surface area contributed by atoms with Gasteiger partial charge in [0.2, 0.25) is 0 Å². The van der Waals surface area contributed by atoms with E-state index >= 15 is 0 Å². The standard InChI is InChI=1S/C21H21FN4O3S/c1-25-13-20(23-14-25)30(28,29)26-11-18(15-5-3-2-4-6-15)19(12-26)24-21(27)16-7-9-17(22)10-8-16/h2-10,13-14,18-19H,11-12H2,1H3,(H,24,27)/t18-,19+/m1/s1. The number of carbonyl (C=O) groups excluding carboxylic acids is 1. The van der Waals surface area contributed by atoms with Crippen LogP contribution in [0.1, 0.15) is 21.8 Å². The maximum absolute atomic E-state index is 13.2. The van der Waals surface area contributed by atoms with Gasteiger partial charge in [-0.1, -0.05) is 30.3 Å². The van der Waals surface area contributed by atoms with E-state index in [1.165, 1.54) is 41.1 Å². The van der Waals surface area contributed by atoms with Crippen LogP contribution in [0.4, 0.5) is 4.39 Å². The minimum absolute atomic E-state index is 0.0256. The Morgan fingerprint density at radius 1 is 1.10 bits per heavy atom. The Morgan fingerprint density at radius 3 is 2.43 bits per heavy atom. The van der Waals surface area contributed by atoms with Crippen molar-refractivity contribution in [3.05, 3.63) is 84.1 Å². The summed E-state index contributed by atoms with van der Waals surface area (Å²) in [5.74, 6) is -1.03. The van der Waals surface area contributed by atoms with Crippen LogP contribution < -0.4 is 5.32 Å². The minimum atomic E-state index is -3.80. The maximum Gasteiger partial charge on any atom is 0.262 e. The predicted octanol–water partition coefficient (Wildman–Crippen LogP) is 2.15. The predicted molar refractivity (Wildman–Crippen MR) is 109 cm³/mol. The summed E-state index contributed by atoms with van der Waals surface area (Å²) in [6.07, 6.45) is 2.89. The molecular formula is C21H21FN4O3S. The van der Waals surface area contributed by atoms with E-state index in [-0.39, 0.29) is 29.9 Å². The van der Waals surface area contributed by atoms with Crippen LogP contribution in [0.5, 0.6) is 0 Å². The molecule has 0 saturated carbocycles. The van der Waals surface area contributed by atoms with Gasteiger partial charge in [-0.2, -0.15) is 4.31 Å². The number of carbonyl (C=O) groups is 1. The number of aromatic nitrogens is 2. The van der Waals surface area contributed by atoms with E-state index < -0.39 is 21.9 Å². The number of hydrogen-bond acceptors (Lipinski definition) is 4. The van der Waals surface area contributed by atoms with Gasteiger partial charge in [0.05, 0.1) is 12.4 Å². The van der Waals surface area contributed by atoms with E-state index in [4.69, 9.17) is 0 Å². The summed E-state index contributed by atoms with van der Waals surface area (Å²) < 4.78 is 42.2. The molecule has 7 nitrogen and oxygen atoms in total. The van der Waals surface area contributed by atoms with E-state index in [2.05, 4.69) is 10.3 Å². The summed E-state index contributed by atoms with van der Waals surface area (Å²) in [6, 6.07) is 14.3. The highest BCUT2D eigenvalue weighted by Crippen LogP contribution is 2.31. The lowest BCUT2D eigenvalue weighted by Gasteiger charge is -2.20. The molecule has 3 aromatic rings. The van der Waals surface area contributed by atoms with E-state index in [0.717, 1.165) is 5.56 Å². The molecule has 0 radical (unpaired) electrons. The summed E-state index contributed by atoms with van der Waals surface area (Å²) in [5, 5.41) is 2.90. The average Bonchev–Trinajstić information content (AvgIpc) is 3.36. The SMILES string of the molecule is Cn1cnc(S(=O)(=O)N2C[C@H](NC(=O)c3ccc(F)cc3)[C@@H](c3ccccc3)C2)c1. The number of benzene rings is 2. The molecule has 0 spiro atoms. The number of imidazole rings is 1. The molecule has 1 N–H and O–H groups in total. The molecule has 0 unspecified atom stereocenters. The zero-order valence-electron chi connectivity index (χ0n) is 16.3. The molecule has 30 heavy (non-hydrogen) atoms. The van der Waals surface area contributed by atoms with E-state index in [9.17, 15) is 17.6 Å². The molecule has 156 valence electrons. The number of sulfonamides is 1. The second-order valence-electron chi connectivity index (χ2n) is 7.30. The average molecular weight is 428 g/mol. The third-order valence-corrected chi connectivity index (χ3v) is 6.94. The molecule has 2 atom stereocenters. The molecule has 0 aliphatic carbocycles. The second kappa shape index (κ2) is 8.00. The fraction of sp³-hybridized carbons (Fsp3) is 0.238. The monoisotopic (exact) mass is 428 g/mol. The molecule has 9 heteroatoms.